The summed E-state index contributed by atoms with van der Waals surface area (Å²) >= 11 is 11.8. The molecule has 1 aromatic rings. The van der Waals surface area contributed by atoms with Gasteiger partial charge in [-0.1, -0.05) is 28.8 Å². The normalized spacial score (nSPS) is 15.8. The average molecular weight is 341 g/mol. The minimum atomic E-state index is -0.115. The molecule has 118 valence electrons. The van der Waals surface area contributed by atoms with Gasteiger partial charge in [0.05, 0.1) is 17.3 Å². The molecule has 0 fully saturated rings. The fourth-order valence-electron chi connectivity index (χ4n) is 2.04. The Kier molecular flexibility index (Phi) is 6.28. The summed E-state index contributed by atoms with van der Waals surface area (Å²) in [6.45, 7) is 2.47. The summed E-state index contributed by atoms with van der Waals surface area (Å²) in [5.41, 5.74) is 4.79. The third-order valence-electron chi connectivity index (χ3n) is 3.21. The first-order chi connectivity index (χ1) is 10.5. The van der Waals surface area contributed by atoms with Crippen LogP contribution >= 0.6 is 23.2 Å². The highest BCUT2D eigenvalue weighted by atomic mass is 35.5. The van der Waals surface area contributed by atoms with Crippen molar-refractivity contribution in [3.05, 3.63) is 39.9 Å². The molecule has 0 atom stereocenters. The molecule has 0 spiro atoms. The van der Waals surface area contributed by atoms with Crippen LogP contribution in [0.2, 0.25) is 10.0 Å². The quantitative estimate of drug-likeness (QED) is 0.617. The number of halogens is 2. The van der Waals surface area contributed by atoms with Gasteiger partial charge in [0.2, 0.25) is 5.91 Å². The van der Waals surface area contributed by atoms with Crippen LogP contribution in [-0.4, -0.2) is 18.2 Å². The lowest BCUT2D eigenvalue weighted by Crippen LogP contribution is -2.19. The lowest BCUT2D eigenvalue weighted by atomic mass is 10.3. The lowest BCUT2D eigenvalue weighted by molar-refractivity contribution is -0.121. The molecular weight excluding hydrogens is 323 g/mol. The van der Waals surface area contributed by atoms with Crippen LogP contribution in [0.4, 0.5) is 0 Å². The van der Waals surface area contributed by atoms with E-state index in [4.69, 9.17) is 27.9 Å². The summed E-state index contributed by atoms with van der Waals surface area (Å²) in [6, 6.07) is 5.05. The summed E-state index contributed by atoms with van der Waals surface area (Å²) in [5.74, 6) is 0.453. The molecule has 0 aromatic heterocycles. The van der Waals surface area contributed by atoms with Crippen molar-refractivity contribution in [2.45, 2.75) is 32.6 Å². The molecule has 0 heterocycles. The van der Waals surface area contributed by atoms with Crippen LogP contribution in [0.15, 0.2) is 34.9 Å². The lowest BCUT2D eigenvalue weighted by Gasteiger charge is -2.07. The average Bonchev–Trinajstić information content (AvgIpc) is 2.89. The van der Waals surface area contributed by atoms with E-state index in [1.54, 1.807) is 18.2 Å². The van der Waals surface area contributed by atoms with Crippen LogP contribution in [-0.2, 0) is 4.79 Å². The zero-order chi connectivity index (χ0) is 15.9. The number of benzene rings is 1. The van der Waals surface area contributed by atoms with E-state index in [1.165, 1.54) is 5.57 Å². The minimum Gasteiger partial charge on any atom is -0.492 e. The Morgan fingerprint density at radius 3 is 2.86 bits per heavy atom. The van der Waals surface area contributed by atoms with Gasteiger partial charge in [0.25, 0.3) is 0 Å². The van der Waals surface area contributed by atoms with Crippen molar-refractivity contribution in [3.8, 4) is 5.75 Å². The first kappa shape index (κ1) is 16.8. The summed E-state index contributed by atoms with van der Waals surface area (Å²) in [6.07, 6.45) is 4.86. The number of hydrogen-bond acceptors (Lipinski definition) is 3. The molecule has 0 radical (unpaired) electrons. The van der Waals surface area contributed by atoms with Gasteiger partial charge in [-0.2, -0.15) is 5.10 Å². The van der Waals surface area contributed by atoms with Crippen molar-refractivity contribution in [1.29, 1.82) is 0 Å². The van der Waals surface area contributed by atoms with E-state index in [0.717, 1.165) is 18.6 Å². The van der Waals surface area contributed by atoms with Crippen molar-refractivity contribution in [3.63, 3.8) is 0 Å². The van der Waals surface area contributed by atoms with Crippen LogP contribution < -0.4 is 10.2 Å². The topological polar surface area (TPSA) is 50.7 Å². The van der Waals surface area contributed by atoms with Gasteiger partial charge < -0.3 is 4.74 Å². The first-order valence-corrected chi connectivity index (χ1v) is 7.90. The molecule has 6 heteroatoms. The molecule has 0 saturated carbocycles. The highest BCUT2D eigenvalue weighted by Gasteiger charge is 2.08. The number of carbonyl (C=O) groups excluding carboxylic acids is 1. The second-order valence-corrected chi connectivity index (χ2v) is 6.00. The number of nitrogens with one attached hydrogen (secondary N) is 1. The van der Waals surface area contributed by atoms with Gasteiger partial charge in [0.1, 0.15) is 5.75 Å². The van der Waals surface area contributed by atoms with Crippen LogP contribution in [0.1, 0.15) is 32.6 Å². The summed E-state index contributed by atoms with van der Waals surface area (Å²) in [4.78, 5) is 11.7. The zero-order valence-corrected chi connectivity index (χ0v) is 13.9. The van der Waals surface area contributed by atoms with E-state index in [0.29, 0.717) is 35.2 Å². The molecule has 2 rings (SSSR count). The Balaban J connectivity index is 1.67. The van der Waals surface area contributed by atoms with Crippen LogP contribution in [0.5, 0.6) is 5.75 Å². The van der Waals surface area contributed by atoms with E-state index in [-0.39, 0.29) is 5.91 Å². The number of nitrogens with zero attached hydrogens (tertiary/aromatic N) is 1. The Bertz CT molecular complexity index is 612. The van der Waals surface area contributed by atoms with Crippen molar-refractivity contribution in [2.24, 2.45) is 5.10 Å². The molecule has 1 aromatic carbocycles. The highest BCUT2D eigenvalue weighted by molar-refractivity contribution is 6.35. The molecule has 0 saturated heterocycles. The fraction of sp³-hybridized carbons (Fsp3) is 0.375. The maximum Gasteiger partial charge on any atom is 0.240 e. The van der Waals surface area contributed by atoms with Gasteiger partial charge in [-0.25, -0.2) is 5.43 Å². The van der Waals surface area contributed by atoms with Crippen molar-refractivity contribution < 1.29 is 9.53 Å². The number of carbonyl (C=O) groups is 1. The largest absolute Gasteiger partial charge is 0.492 e. The van der Waals surface area contributed by atoms with Gasteiger partial charge >= 0.3 is 0 Å². The third kappa shape index (κ3) is 5.35. The number of amides is 1. The zero-order valence-electron chi connectivity index (χ0n) is 12.4. The van der Waals surface area contributed by atoms with Gasteiger partial charge in [-0.15, -0.1) is 0 Å². The second kappa shape index (κ2) is 8.20. The Hall–Kier alpha value is -1.52. The first-order valence-electron chi connectivity index (χ1n) is 7.15. The molecule has 4 nitrogen and oxygen atoms in total. The molecular formula is C16H18Cl2N2O2. The number of hydrogen-bond donors (Lipinski definition) is 1. The van der Waals surface area contributed by atoms with Crippen LogP contribution in [0.3, 0.4) is 0 Å². The van der Waals surface area contributed by atoms with E-state index >= 15 is 0 Å². The molecule has 22 heavy (non-hydrogen) atoms. The molecule has 1 N–H and O–H groups in total. The van der Waals surface area contributed by atoms with Crippen molar-refractivity contribution >= 4 is 34.8 Å². The maximum atomic E-state index is 11.7. The van der Waals surface area contributed by atoms with Gasteiger partial charge in [-0.05, 0) is 50.5 Å². The number of rotatable bonds is 6. The van der Waals surface area contributed by atoms with E-state index < -0.39 is 0 Å². The van der Waals surface area contributed by atoms with E-state index in [1.807, 2.05) is 6.08 Å². The summed E-state index contributed by atoms with van der Waals surface area (Å²) in [5, 5.41) is 5.13. The predicted molar refractivity (Wildman–Crippen MR) is 89.8 cm³/mol. The Morgan fingerprint density at radius 1 is 1.36 bits per heavy atom. The van der Waals surface area contributed by atoms with Gasteiger partial charge in [-0.3, -0.25) is 4.79 Å². The SMILES string of the molecule is CC1=C/C(=N\NC(=O)CCCOc2ccc(Cl)cc2Cl)CC1. The Morgan fingerprint density at radius 2 is 2.18 bits per heavy atom. The molecule has 0 aliphatic heterocycles. The smallest absolute Gasteiger partial charge is 0.240 e. The predicted octanol–water partition coefficient (Wildman–Crippen LogP) is 4.36. The van der Waals surface area contributed by atoms with E-state index in [9.17, 15) is 4.79 Å². The summed E-state index contributed by atoms with van der Waals surface area (Å²) in [7, 11) is 0. The van der Waals surface area contributed by atoms with Crippen LogP contribution in [0, 0.1) is 0 Å². The minimum absolute atomic E-state index is 0.115. The highest BCUT2D eigenvalue weighted by Crippen LogP contribution is 2.27. The number of ether oxygens (including phenoxy) is 1. The Labute approximate surface area is 140 Å². The maximum absolute atomic E-state index is 11.7. The van der Waals surface area contributed by atoms with Gasteiger partial charge in [0.15, 0.2) is 0 Å². The number of allylic oxidation sites excluding steroid dienone is 2. The monoisotopic (exact) mass is 340 g/mol. The van der Waals surface area contributed by atoms with Crippen molar-refractivity contribution in [2.75, 3.05) is 6.61 Å². The van der Waals surface area contributed by atoms with Crippen molar-refractivity contribution in [1.82, 2.24) is 5.43 Å². The molecule has 1 amide bonds. The standard InChI is InChI=1S/C16H18Cl2N2O2/c1-11-4-6-13(9-11)19-20-16(21)3-2-8-22-15-7-5-12(17)10-14(15)18/h5,7,9-10H,2-4,6,8H2,1H3,(H,20,21)/b19-13-. The number of hydrazone groups is 1. The van der Waals surface area contributed by atoms with Crippen LogP contribution in [0.25, 0.3) is 0 Å². The summed E-state index contributed by atoms with van der Waals surface area (Å²) < 4.78 is 5.52. The molecule has 0 bridgehead atoms. The second-order valence-electron chi connectivity index (χ2n) is 5.16. The molecule has 1 aliphatic rings. The third-order valence-corrected chi connectivity index (χ3v) is 3.74. The molecule has 1 aliphatic carbocycles. The van der Waals surface area contributed by atoms with Gasteiger partial charge in [0, 0.05) is 11.4 Å². The van der Waals surface area contributed by atoms with E-state index in [2.05, 4.69) is 17.5 Å². The molecule has 0 unspecified atom stereocenters. The fourth-order valence-corrected chi connectivity index (χ4v) is 2.50.